The number of benzene rings is 2. The molecular weight excluding hydrogens is 380 g/mol. The molecule has 0 saturated carbocycles. The number of carbonyl (C=O) groups excluding carboxylic acids is 2. The van der Waals surface area contributed by atoms with Crippen molar-refractivity contribution in [3.8, 4) is 11.5 Å². The van der Waals surface area contributed by atoms with Gasteiger partial charge in [0, 0.05) is 49.3 Å². The van der Waals surface area contributed by atoms with Crippen LogP contribution in [-0.2, 0) is 4.79 Å². The summed E-state index contributed by atoms with van der Waals surface area (Å²) < 4.78 is 11.0. The van der Waals surface area contributed by atoms with Gasteiger partial charge in [0.25, 0.3) is 5.91 Å². The van der Waals surface area contributed by atoms with E-state index in [-0.39, 0.29) is 23.7 Å². The van der Waals surface area contributed by atoms with Crippen LogP contribution in [0.2, 0.25) is 0 Å². The Morgan fingerprint density at radius 2 is 1.63 bits per heavy atom. The van der Waals surface area contributed by atoms with E-state index in [0.29, 0.717) is 30.2 Å². The number of hydrogen-bond acceptors (Lipinski definition) is 4. The molecule has 2 saturated heterocycles. The molecule has 6 heteroatoms. The van der Waals surface area contributed by atoms with Crippen LogP contribution in [0.25, 0.3) is 0 Å². The van der Waals surface area contributed by atoms with Gasteiger partial charge in [-0.05, 0) is 31.0 Å². The zero-order valence-corrected chi connectivity index (χ0v) is 17.5. The van der Waals surface area contributed by atoms with Crippen LogP contribution in [0.15, 0.2) is 48.5 Å². The average molecular weight is 408 g/mol. The molecule has 0 bridgehead atoms. The van der Waals surface area contributed by atoms with Crippen molar-refractivity contribution < 1.29 is 19.1 Å². The van der Waals surface area contributed by atoms with Crippen LogP contribution in [0.5, 0.6) is 11.5 Å². The highest BCUT2D eigenvalue weighted by molar-refractivity contribution is 5.95. The van der Waals surface area contributed by atoms with Crippen molar-refractivity contribution in [2.75, 3.05) is 40.4 Å². The number of likely N-dealkylation sites (tertiary alicyclic amines) is 2. The van der Waals surface area contributed by atoms with Gasteiger partial charge in [-0.15, -0.1) is 0 Å². The Balaban J connectivity index is 1.66. The lowest BCUT2D eigenvalue weighted by molar-refractivity contribution is -0.134. The quantitative estimate of drug-likeness (QED) is 0.763. The fourth-order valence-corrected chi connectivity index (χ4v) is 4.60. The smallest absolute Gasteiger partial charge is 0.253 e. The minimum absolute atomic E-state index is 0.0372. The van der Waals surface area contributed by atoms with Crippen molar-refractivity contribution in [1.29, 1.82) is 0 Å². The van der Waals surface area contributed by atoms with Gasteiger partial charge in [-0.2, -0.15) is 0 Å². The molecule has 2 heterocycles. The van der Waals surface area contributed by atoms with Gasteiger partial charge in [0.05, 0.1) is 20.1 Å². The maximum absolute atomic E-state index is 13.4. The normalized spacial score (nSPS) is 21.0. The number of carbonyl (C=O) groups is 2. The highest BCUT2D eigenvalue weighted by Crippen LogP contribution is 2.40. The van der Waals surface area contributed by atoms with E-state index < -0.39 is 0 Å². The first-order valence-corrected chi connectivity index (χ1v) is 10.5. The molecule has 0 N–H and O–H groups in total. The summed E-state index contributed by atoms with van der Waals surface area (Å²) >= 11 is 0. The Kier molecular flexibility index (Phi) is 5.93. The second-order valence-electron chi connectivity index (χ2n) is 7.93. The molecule has 2 aromatic rings. The van der Waals surface area contributed by atoms with Crippen LogP contribution in [-0.4, -0.2) is 62.0 Å². The SMILES string of the molecule is COc1ccc(C2CN(C(=O)c3ccccc3)CC2C(=O)N2CCCC2)c(OC)c1. The molecule has 30 heavy (non-hydrogen) atoms. The van der Waals surface area contributed by atoms with E-state index in [2.05, 4.69) is 0 Å². The molecule has 0 aromatic heterocycles. The van der Waals surface area contributed by atoms with Crippen LogP contribution < -0.4 is 9.47 Å². The zero-order valence-electron chi connectivity index (χ0n) is 17.5. The topological polar surface area (TPSA) is 59.1 Å². The zero-order chi connectivity index (χ0) is 21.1. The summed E-state index contributed by atoms with van der Waals surface area (Å²) in [5, 5.41) is 0. The first-order chi connectivity index (χ1) is 14.6. The Hall–Kier alpha value is -3.02. The summed E-state index contributed by atoms with van der Waals surface area (Å²) in [6.45, 7) is 2.51. The number of rotatable bonds is 5. The lowest BCUT2D eigenvalue weighted by atomic mass is 9.87. The Morgan fingerprint density at radius 1 is 0.900 bits per heavy atom. The summed E-state index contributed by atoms with van der Waals surface area (Å²) in [6.07, 6.45) is 2.09. The molecule has 2 aliphatic heterocycles. The van der Waals surface area contributed by atoms with Crippen molar-refractivity contribution in [1.82, 2.24) is 9.80 Å². The van der Waals surface area contributed by atoms with Crippen LogP contribution in [0.1, 0.15) is 34.7 Å². The Labute approximate surface area is 177 Å². The third-order valence-corrected chi connectivity index (χ3v) is 6.20. The van der Waals surface area contributed by atoms with E-state index in [1.807, 2.05) is 58.3 Å². The van der Waals surface area contributed by atoms with Crippen LogP contribution in [0, 0.1) is 5.92 Å². The standard InChI is InChI=1S/C24H28N2O4/c1-29-18-10-11-19(22(14-18)30-2)20-15-26(23(27)17-8-4-3-5-9-17)16-21(20)24(28)25-12-6-7-13-25/h3-5,8-11,14,20-21H,6-7,12-13,15-16H2,1-2H3. The van der Waals surface area contributed by atoms with Crippen molar-refractivity contribution in [3.63, 3.8) is 0 Å². The van der Waals surface area contributed by atoms with Crippen LogP contribution in [0.3, 0.4) is 0 Å². The third-order valence-electron chi connectivity index (χ3n) is 6.20. The van der Waals surface area contributed by atoms with Crippen LogP contribution in [0.4, 0.5) is 0 Å². The molecule has 2 fully saturated rings. The largest absolute Gasteiger partial charge is 0.497 e. The highest BCUT2D eigenvalue weighted by Gasteiger charge is 2.43. The molecular formula is C24H28N2O4. The maximum atomic E-state index is 13.4. The molecule has 2 amide bonds. The van der Waals surface area contributed by atoms with Gasteiger partial charge in [0.2, 0.25) is 5.91 Å². The van der Waals surface area contributed by atoms with E-state index in [4.69, 9.17) is 9.47 Å². The number of amides is 2. The second kappa shape index (κ2) is 8.78. The predicted octanol–water partition coefficient (Wildman–Crippen LogP) is 3.18. The highest BCUT2D eigenvalue weighted by atomic mass is 16.5. The lowest BCUT2D eigenvalue weighted by Crippen LogP contribution is -2.37. The molecule has 0 spiro atoms. The van der Waals surface area contributed by atoms with E-state index in [9.17, 15) is 9.59 Å². The van der Waals surface area contributed by atoms with Crippen LogP contribution >= 0.6 is 0 Å². The molecule has 0 aliphatic carbocycles. The molecule has 6 nitrogen and oxygen atoms in total. The van der Waals surface area contributed by atoms with Crippen molar-refractivity contribution in [3.05, 3.63) is 59.7 Å². The summed E-state index contributed by atoms with van der Waals surface area (Å²) in [6, 6.07) is 14.9. The molecule has 0 radical (unpaired) electrons. The third kappa shape index (κ3) is 3.86. The number of methoxy groups -OCH3 is 2. The summed E-state index contributed by atoms with van der Waals surface area (Å²) in [7, 11) is 3.24. The van der Waals surface area contributed by atoms with Gasteiger partial charge < -0.3 is 19.3 Å². The monoisotopic (exact) mass is 408 g/mol. The Morgan fingerprint density at radius 3 is 2.30 bits per heavy atom. The van der Waals surface area contributed by atoms with Gasteiger partial charge in [-0.3, -0.25) is 9.59 Å². The number of ether oxygens (including phenoxy) is 2. The molecule has 2 unspecified atom stereocenters. The van der Waals surface area contributed by atoms with Gasteiger partial charge in [-0.25, -0.2) is 0 Å². The second-order valence-corrected chi connectivity index (χ2v) is 7.93. The molecule has 158 valence electrons. The van der Waals surface area contributed by atoms with Gasteiger partial charge in [0.15, 0.2) is 0 Å². The molecule has 2 atom stereocenters. The minimum atomic E-state index is -0.280. The minimum Gasteiger partial charge on any atom is -0.497 e. The van der Waals surface area contributed by atoms with Gasteiger partial charge in [-0.1, -0.05) is 24.3 Å². The first-order valence-electron chi connectivity index (χ1n) is 10.5. The summed E-state index contributed by atoms with van der Waals surface area (Å²) in [5.41, 5.74) is 1.59. The maximum Gasteiger partial charge on any atom is 0.253 e. The fourth-order valence-electron chi connectivity index (χ4n) is 4.60. The van der Waals surface area contributed by atoms with E-state index >= 15 is 0 Å². The van der Waals surface area contributed by atoms with Gasteiger partial charge >= 0.3 is 0 Å². The number of nitrogens with zero attached hydrogens (tertiary/aromatic N) is 2. The lowest BCUT2D eigenvalue weighted by Gasteiger charge is -2.25. The summed E-state index contributed by atoms with van der Waals surface area (Å²) in [5.74, 6) is 1.09. The fraction of sp³-hybridized carbons (Fsp3) is 0.417. The van der Waals surface area contributed by atoms with E-state index in [0.717, 1.165) is 31.5 Å². The van der Waals surface area contributed by atoms with Crippen molar-refractivity contribution in [2.24, 2.45) is 5.92 Å². The molecule has 2 aromatic carbocycles. The number of hydrogen-bond donors (Lipinski definition) is 0. The van der Waals surface area contributed by atoms with Crippen molar-refractivity contribution in [2.45, 2.75) is 18.8 Å². The molecule has 4 rings (SSSR count). The predicted molar refractivity (Wildman–Crippen MR) is 114 cm³/mol. The molecule has 2 aliphatic rings. The van der Waals surface area contributed by atoms with E-state index in [1.54, 1.807) is 14.2 Å². The van der Waals surface area contributed by atoms with Crippen molar-refractivity contribution >= 4 is 11.8 Å². The van der Waals surface area contributed by atoms with Gasteiger partial charge in [0.1, 0.15) is 11.5 Å². The summed E-state index contributed by atoms with van der Waals surface area (Å²) in [4.78, 5) is 30.3. The van der Waals surface area contributed by atoms with E-state index in [1.165, 1.54) is 0 Å². The first kappa shape index (κ1) is 20.3. The Bertz CT molecular complexity index is 909. The average Bonchev–Trinajstić information content (AvgIpc) is 3.49.